The van der Waals surface area contributed by atoms with Gasteiger partial charge in [-0.1, -0.05) is 19.3 Å². The molecular weight excluding hydrogens is 244 g/mol. The summed E-state index contributed by atoms with van der Waals surface area (Å²) in [5, 5.41) is 14.0. The van der Waals surface area contributed by atoms with E-state index in [1.807, 2.05) is 13.1 Å². The van der Waals surface area contributed by atoms with Crippen molar-refractivity contribution in [2.75, 3.05) is 13.2 Å². The van der Waals surface area contributed by atoms with E-state index in [0.717, 1.165) is 24.5 Å². The van der Waals surface area contributed by atoms with Crippen LogP contribution >= 0.6 is 11.3 Å². The molecule has 0 amide bonds. The number of aliphatic hydroxyl groups is 1. The predicted octanol–water partition coefficient (Wildman–Crippen LogP) is 2.87. The molecule has 1 aromatic rings. The van der Waals surface area contributed by atoms with E-state index in [0.29, 0.717) is 12.0 Å². The third-order valence-electron chi connectivity index (χ3n) is 4.02. The van der Waals surface area contributed by atoms with Crippen molar-refractivity contribution >= 4 is 11.3 Å². The van der Waals surface area contributed by atoms with Crippen molar-refractivity contribution in [1.29, 1.82) is 0 Å². The smallest absolute Gasteiger partial charge is 0.0897 e. The standard InChI is InChI=1S/C14H24N2OS/c1-12-16-10-13(18-12)9-15-11-14(7-8-17)5-3-2-4-6-14/h10,15,17H,2-9,11H2,1H3. The van der Waals surface area contributed by atoms with E-state index in [4.69, 9.17) is 0 Å². The maximum absolute atomic E-state index is 9.27. The first kappa shape index (κ1) is 14.0. The Bertz CT molecular complexity index is 353. The SMILES string of the molecule is Cc1ncc(CNCC2(CCO)CCCCC2)s1. The first-order chi connectivity index (χ1) is 8.74. The lowest BCUT2D eigenvalue weighted by atomic mass is 9.72. The van der Waals surface area contributed by atoms with Crippen LogP contribution in [0.5, 0.6) is 0 Å². The van der Waals surface area contributed by atoms with Gasteiger partial charge in [-0.05, 0) is 31.6 Å². The zero-order valence-electron chi connectivity index (χ0n) is 11.2. The monoisotopic (exact) mass is 268 g/mol. The topological polar surface area (TPSA) is 45.2 Å². The summed E-state index contributed by atoms with van der Waals surface area (Å²) >= 11 is 1.76. The Morgan fingerprint density at radius 1 is 1.39 bits per heavy atom. The molecule has 0 radical (unpaired) electrons. The molecule has 3 nitrogen and oxygen atoms in total. The number of aryl methyl sites for hydroxylation is 1. The van der Waals surface area contributed by atoms with E-state index >= 15 is 0 Å². The lowest BCUT2D eigenvalue weighted by molar-refractivity contribution is 0.126. The van der Waals surface area contributed by atoms with Gasteiger partial charge in [0.2, 0.25) is 0 Å². The minimum atomic E-state index is 0.321. The van der Waals surface area contributed by atoms with Crippen molar-refractivity contribution in [1.82, 2.24) is 10.3 Å². The van der Waals surface area contributed by atoms with E-state index in [9.17, 15) is 5.11 Å². The van der Waals surface area contributed by atoms with Gasteiger partial charge in [0.05, 0.1) is 5.01 Å². The molecule has 18 heavy (non-hydrogen) atoms. The van der Waals surface area contributed by atoms with Crippen molar-refractivity contribution in [2.45, 2.75) is 52.0 Å². The summed E-state index contributed by atoms with van der Waals surface area (Å²) in [6.07, 6.45) is 9.45. The summed E-state index contributed by atoms with van der Waals surface area (Å²) in [5.74, 6) is 0. The van der Waals surface area contributed by atoms with Crippen molar-refractivity contribution in [3.63, 3.8) is 0 Å². The first-order valence-corrected chi connectivity index (χ1v) is 7.79. The maximum atomic E-state index is 9.27. The van der Waals surface area contributed by atoms with Gasteiger partial charge in [0, 0.05) is 30.8 Å². The Labute approximate surface area is 114 Å². The summed E-state index contributed by atoms with van der Waals surface area (Å²) in [4.78, 5) is 5.58. The zero-order chi connectivity index (χ0) is 12.8. The summed E-state index contributed by atoms with van der Waals surface area (Å²) in [6.45, 7) is 4.31. The molecule has 0 unspecified atom stereocenters. The van der Waals surface area contributed by atoms with E-state index in [1.54, 1.807) is 11.3 Å². The van der Waals surface area contributed by atoms with Gasteiger partial charge in [-0.3, -0.25) is 0 Å². The van der Waals surface area contributed by atoms with Crippen LogP contribution in [0.25, 0.3) is 0 Å². The summed E-state index contributed by atoms with van der Waals surface area (Å²) in [7, 11) is 0. The molecule has 1 heterocycles. The number of rotatable bonds is 6. The van der Waals surface area contributed by atoms with Gasteiger partial charge in [0.25, 0.3) is 0 Å². The minimum absolute atomic E-state index is 0.321. The molecule has 0 aromatic carbocycles. The Hall–Kier alpha value is -0.450. The number of nitrogens with one attached hydrogen (secondary N) is 1. The highest BCUT2D eigenvalue weighted by atomic mass is 32.1. The van der Waals surface area contributed by atoms with E-state index < -0.39 is 0 Å². The summed E-state index contributed by atoms with van der Waals surface area (Å²) < 4.78 is 0. The molecule has 2 N–H and O–H groups in total. The van der Waals surface area contributed by atoms with Crippen LogP contribution in [-0.2, 0) is 6.54 Å². The predicted molar refractivity (Wildman–Crippen MR) is 75.8 cm³/mol. The second-order valence-electron chi connectivity index (χ2n) is 5.48. The zero-order valence-corrected chi connectivity index (χ0v) is 12.1. The summed E-state index contributed by atoms with van der Waals surface area (Å²) in [6, 6.07) is 0. The molecule has 0 atom stereocenters. The minimum Gasteiger partial charge on any atom is -0.396 e. The number of aliphatic hydroxyl groups excluding tert-OH is 1. The van der Waals surface area contributed by atoms with Crippen LogP contribution < -0.4 is 5.32 Å². The Morgan fingerprint density at radius 2 is 2.17 bits per heavy atom. The van der Waals surface area contributed by atoms with Gasteiger partial charge in [0.1, 0.15) is 0 Å². The molecule has 0 aliphatic heterocycles. The van der Waals surface area contributed by atoms with Crippen molar-refractivity contribution in [3.8, 4) is 0 Å². The van der Waals surface area contributed by atoms with Crippen molar-refractivity contribution < 1.29 is 5.11 Å². The molecule has 1 fully saturated rings. The third kappa shape index (κ3) is 3.77. The van der Waals surface area contributed by atoms with Gasteiger partial charge in [-0.25, -0.2) is 4.98 Å². The average Bonchev–Trinajstić information content (AvgIpc) is 2.77. The molecule has 1 saturated carbocycles. The lowest BCUT2D eigenvalue weighted by Crippen LogP contribution is -2.36. The Kier molecular flexibility index (Phi) is 5.15. The fourth-order valence-corrected chi connectivity index (χ4v) is 3.76. The highest BCUT2D eigenvalue weighted by Crippen LogP contribution is 2.38. The molecule has 0 saturated heterocycles. The number of aromatic nitrogens is 1. The van der Waals surface area contributed by atoms with Gasteiger partial charge in [0.15, 0.2) is 0 Å². The van der Waals surface area contributed by atoms with Crippen molar-refractivity contribution in [2.24, 2.45) is 5.41 Å². The largest absolute Gasteiger partial charge is 0.396 e. The van der Waals surface area contributed by atoms with Crippen LogP contribution in [0, 0.1) is 12.3 Å². The highest BCUT2D eigenvalue weighted by Gasteiger charge is 2.30. The second kappa shape index (κ2) is 6.64. The third-order valence-corrected chi connectivity index (χ3v) is 4.94. The van der Waals surface area contributed by atoms with Crippen LogP contribution in [0.4, 0.5) is 0 Å². The van der Waals surface area contributed by atoms with Crippen LogP contribution in [0.15, 0.2) is 6.20 Å². The number of thiazole rings is 1. The normalized spacial score (nSPS) is 19.0. The molecule has 1 aromatic heterocycles. The second-order valence-corrected chi connectivity index (χ2v) is 6.80. The molecular formula is C14H24N2OS. The van der Waals surface area contributed by atoms with Gasteiger partial charge < -0.3 is 10.4 Å². The van der Waals surface area contributed by atoms with Gasteiger partial charge in [-0.15, -0.1) is 11.3 Å². The highest BCUT2D eigenvalue weighted by molar-refractivity contribution is 7.11. The molecule has 0 spiro atoms. The number of nitrogens with zero attached hydrogens (tertiary/aromatic N) is 1. The fourth-order valence-electron chi connectivity index (χ4n) is 2.99. The van der Waals surface area contributed by atoms with E-state index in [1.165, 1.54) is 37.0 Å². The first-order valence-electron chi connectivity index (χ1n) is 6.97. The fraction of sp³-hybridized carbons (Fsp3) is 0.786. The Balaban J connectivity index is 1.82. The average molecular weight is 268 g/mol. The van der Waals surface area contributed by atoms with E-state index in [-0.39, 0.29) is 0 Å². The van der Waals surface area contributed by atoms with Crippen LogP contribution in [0.1, 0.15) is 48.4 Å². The Morgan fingerprint density at radius 3 is 2.78 bits per heavy atom. The molecule has 1 aliphatic carbocycles. The van der Waals surface area contributed by atoms with Gasteiger partial charge >= 0.3 is 0 Å². The van der Waals surface area contributed by atoms with E-state index in [2.05, 4.69) is 10.3 Å². The molecule has 2 rings (SSSR count). The van der Waals surface area contributed by atoms with Crippen LogP contribution in [-0.4, -0.2) is 23.2 Å². The molecule has 102 valence electrons. The lowest BCUT2D eigenvalue weighted by Gasteiger charge is -2.37. The van der Waals surface area contributed by atoms with Crippen LogP contribution in [0.2, 0.25) is 0 Å². The van der Waals surface area contributed by atoms with Gasteiger partial charge in [-0.2, -0.15) is 0 Å². The molecule has 4 heteroatoms. The quantitative estimate of drug-likeness (QED) is 0.834. The molecule has 1 aliphatic rings. The maximum Gasteiger partial charge on any atom is 0.0897 e. The molecule has 0 bridgehead atoms. The number of hydrogen-bond donors (Lipinski definition) is 2. The van der Waals surface area contributed by atoms with Crippen molar-refractivity contribution in [3.05, 3.63) is 16.1 Å². The number of hydrogen-bond acceptors (Lipinski definition) is 4. The van der Waals surface area contributed by atoms with Crippen LogP contribution in [0.3, 0.4) is 0 Å². The summed E-state index contributed by atoms with van der Waals surface area (Å²) in [5.41, 5.74) is 0.340.